The molecule has 0 aromatic rings. The quantitative estimate of drug-likeness (QED) is 0.786. The molecule has 2 unspecified atom stereocenters. The highest BCUT2D eigenvalue weighted by Gasteiger charge is 2.31. The monoisotopic (exact) mass is 276 g/mol. The minimum absolute atomic E-state index is 0.197. The van der Waals surface area contributed by atoms with Gasteiger partial charge in [0.1, 0.15) is 9.84 Å². The van der Waals surface area contributed by atoms with E-state index in [9.17, 15) is 13.5 Å². The van der Waals surface area contributed by atoms with Crippen LogP contribution in [0.5, 0.6) is 0 Å². The molecule has 0 bridgehead atoms. The SMILES string of the molecule is CC(C)C1CCCC(O)(CCCS(C)(=O)=O)CC1. The van der Waals surface area contributed by atoms with Crippen LogP contribution in [0.15, 0.2) is 0 Å². The number of aliphatic hydroxyl groups is 1. The summed E-state index contributed by atoms with van der Waals surface area (Å²) in [5.41, 5.74) is -0.617. The average Bonchev–Trinajstić information content (AvgIpc) is 2.38. The molecule has 1 aliphatic rings. The smallest absolute Gasteiger partial charge is 0.147 e. The summed E-state index contributed by atoms with van der Waals surface area (Å²) in [4.78, 5) is 0. The van der Waals surface area contributed by atoms with Crippen LogP contribution in [0.1, 0.15) is 58.8 Å². The predicted molar refractivity (Wildman–Crippen MR) is 75.3 cm³/mol. The Kier molecular flexibility index (Phi) is 5.66. The number of rotatable bonds is 5. The Balaban J connectivity index is 2.44. The van der Waals surface area contributed by atoms with Crippen molar-refractivity contribution in [2.45, 2.75) is 64.4 Å². The van der Waals surface area contributed by atoms with E-state index in [0.717, 1.165) is 25.7 Å². The van der Waals surface area contributed by atoms with E-state index in [1.54, 1.807) is 0 Å². The van der Waals surface area contributed by atoms with Crippen molar-refractivity contribution in [3.8, 4) is 0 Å². The van der Waals surface area contributed by atoms with Gasteiger partial charge in [-0.15, -0.1) is 0 Å². The molecule has 0 aromatic heterocycles. The van der Waals surface area contributed by atoms with E-state index in [0.29, 0.717) is 24.7 Å². The van der Waals surface area contributed by atoms with E-state index >= 15 is 0 Å². The molecule has 108 valence electrons. The van der Waals surface area contributed by atoms with Gasteiger partial charge in [-0.25, -0.2) is 8.42 Å². The summed E-state index contributed by atoms with van der Waals surface area (Å²) < 4.78 is 22.2. The summed E-state index contributed by atoms with van der Waals surface area (Å²) >= 11 is 0. The normalized spacial score (nSPS) is 30.4. The zero-order chi connectivity index (χ0) is 13.8. The fourth-order valence-electron chi connectivity index (χ4n) is 3.00. The second-order valence-electron chi connectivity index (χ2n) is 6.39. The van der Waals surface area contributed by atoms with Gasteiger partial charge in [-0.1, -0.05) is 26.7 Å². The maximum Gasteiger partial charge on any atom is 0.147 e. The highest BCUT2D eigenvalue weighted by molar-refractivity contribution is 7.90. The Labute approximate surface area is 112 Å². The molecular weight excluding hydrogens is 248 g/mol. The molecule has 0 heterocycles. The van der Waals surface area contributed by atoms with Crippen LogP contribution in [0.2, 0.25) is 0 Å². The van der Waals surface area contributed by atoms with Crippen LogP contribution < -0.4 is 0 Å². The summed E-state index contributed by atoms with van der Waals surface area (Å²) in [6, 6.07) is 0. The summed E-state index contributed by atoms with van der Waals surface area (Å²) in [6.07, 6.45) is 7.49. The van der Waals surface area contributed by atoms with E-state index in [1.807, 2.05) is 0 Å². The number of hydrogen-bond acceptors (Lipinski definition) is 3. The lowest BCUT2D eigenvalue weighted by Gasteiger charge is -2.27. The van der Waals surface area contributed by atoms with Crippen LogP contribution >= 0.6 is 0 Å². The standard InChI is InChI=1S/C14H28O3S/c1-12(2)13-6-4-8-14(15,10-7-13)9-5-11-18(3,16)17/h12-13,15H,4-11H2,1-3H3. The van der Waals surface area contributed by atoms with Gasteiger partial charge in [0.2, 0.25) is 0 Å². The van der Waals surface area contributed by atoms with Gasteiger partial charge in [-0.2, -0.15) is 0 Å². The van der Waals surface area contributed by atoms with Gasteiger partial charge in [0, 0.05) is 12.0 Å². The summed E-state index contributed by atoms with van der Waals surface area (Å²) in [6.45, 7) is 4.50. The lowest BCUT2D eigenvalue weighted by atomic mass is 9.86. The average molecular weight is 276 g/mol. The van der Waals surface area contributed by atoms with Crippen molar-refractivity contribution in [2.75, 3.05) is 12.0 Å². The van der Waals surface area contributed by atoms with Crippen LogP contribution in [0.4, 0.5) is 0 Å². The summed E-state index contributed by atoms with van der Waals surface area (Å²) in [7, 11) is -2.90. The maximum atomic E-state index is 11.1. The molecule has 1 aliphatic carbocycles. The topological polar surface area (TPSA) is 54.4 Å². The first-order valence-corrected chi connectivity index (χ1v) is 9.18. The summed E-state index contributed by atoms with van der Waals surface area (Å²) in [5, 5.41) is 10.6. The van der Waals surface area contributed by atoms with Crippen molar-refractivity contribution >= 4 is 9.84 Å². The molecule has 1 N–H and O–H groups in total. The maximum absolute atomic E-state index is 11.1. The molecule has 0 amide bonds. The fourth-order valence-corrected chi connectivity index (χ4v) is 3.67. The molecule has 2 atom stereocenters. The molecule has 0 spiro atoms. The third kappa shape index (κ3) is 5.70. The molecule has 0 saturated heterocycles. The molecule has 0 radical (unpaired) electrons. The first-order chi connectivity index (χ1) is 8.22. The Hall–Kier alpha value is -0.0900. The second-order valence-corrected chi connectivity index (χ2v) is 8.65. The van der Waals surface area contributed by atoms with Crippen molar-refractivity contribution in [1.82, 2.24) is 0 Å². The highest BCUT2D eigenvalue weighted by Crippen LogP contribution is 2.36. The largest absolute Gasteiger partial charge is 0.390 e. The minimum atomic E-state index is -2.90. The molecule has 0 aromatic carbocycles. The van der Waals surface area contributed by atoms with E-state index in [4.69, 9.17) is 0 Å². The Bertz CT molecular complexity index is 348. The van der Waals surface area contributed by atoms with Crippen molar-refractivity contribution in [2.24, 2.45) is 11.8 Å². The van der Waals surface area contributed by atoms with Gasteiger partial charge in [0.15, 0.2) is 0 Å². The van der Waals surface area contributed by atoms with Gasteiger partial charge in [0.05, 0.1) is 5.60 Å². The van der Waals surface area contributed by atoms with Crippen molar-refractivity contribution < 1.29 is 13.5 Å². The van der Waals surface area contributed by atoms with Crippen LogP contribution in [0.25, 0.3) is 0 Å². The van der Waals surface area contributed by atoms with Gasteiger partial charge in [0.25, 0.3) is 0 Å². The van der Waals surface area contributed by atoms with Crippen LogP contribution in [0.3, 0.4) is 0 Å². The van der Waals surface area contributed by atoms with Gasteiger partial charge in [-0.3, -0.25) is 0 Å². The van der Waals surface area contributed by atoms with E-state index in [2.05, 4.69) is 13.8 Å². The van der Waals surface area contributed by atoms with E-state index in [-0.39, 0.29) is 5.75 Å². The Morgan fingerprint density at radius 2 is 1.94 bits per heavy atom. The number of hydrogen-bond donors (Lipinski definition) is 1. The molecule has 1 fully saturated rings. The fraction of sp³-hybridized carbons (Fsp3) is 1.00. The third-order valence-electron chi connectivity index (χ3n) is 4.30. The second kappa shape index (κ2) is 6.38. The molecule has 1 rings (SSSR count). The molecular formula is C14H28O3S. The highest BCUT2D eigenvalue weighted by atomic mass is 32.2. The molecule has 4 heteroatoms. The van der Waals surface area contributed by atoms with E-state index in [1.165, 1.54) is 12.7 Å². The van der Waals surface area contributed by atoms with Crippen LogP contribution in [0, 0.1) is 11.8 Å². The molecule has 1 saturated carbocycles. The lowest BCUT2D eigenvalue weighted by molar-refractivity contribution is 0.0145. The van der Waals surface area contributed by atoms with Crippen LogP contribution in [-0.4, -0.2) is 31.1 Å². The van der Waals surface area contributed by atoms with Crippen molar-refractivity contribution in [3.63, 3.8) is 0 Å². The van der Waals surface area contributed by atoms with E-state index < -0.39 is 15.4 Å². The van der Waals surface area contributed by atoms with Gasteiger partial charge < -0.3 is 5.11 Å². The minimum Gasteiger partial charge on any atom is -0.390 e. The Morgan fingerprint density at radius 1 is 1.28 bits per heavy atom. The van der Waals surface area contributed by atoms with Crippen molar-refractivity contribution in [3.05, 3.63) is 0 Å². The van der Waals surface area contributed by atoms with Crippen molar-refractivity contribution in [1.29, 1.82) is 0 Å². The van der Waals surface area contributed by atoms with Gasteiger partial charge >= 0.3 is 0 Å². The lowest BCUT2D eigenvalue weighted by Crippen LogP contribution is -2.28. The molecule has 3 nitrogen and oxygen atoms in total. The van der Waals surface area contributed by atoms with Gasteiger partial charge in [-0.05, 0) is 43.9 Å². The zero-order valence-electron chi connectivity index (χ0n) is 12.0. The van der Waals surface area contributed by atoms with Crippen LogP contribution in [-0.2, 0) is 9.84 Å². The first-order valence-electron chi connectivity index (χ1n) is 7.12. The molecule has 0 aliphatic heterocycles. The first kappa shape index (κ1) is 16.0. The molecule has 18 heavy (non-hydrogen) atoms. The Morgan fingerprint density at radius 3 is 2.50 bits per heavy atom. The zero-order valence-corrected chi connectivity index (χ0v) is 12.8. The summed E-state index contributed by atoms with van der Waals surface area (Å²) in [5.74, 6) is 1.60. The predicted octanol–water partition coefficient (Wildman–Crippen LogP) is 2.78. The number of sulfone groups is 1. The third-order valence-corrected chi connectivity index (χ3v) is 5.33.